The fraction of sp³-hybridized carbons (Fsp3) is 0.462. The fourth-order valence-corrected chi connectivity index (χ4v) is 1.47. The average Bonchev–Trinajstić information content (AvgIpc) is 2.28. The van der Waals surface area contributed by atoms with Crippen molar-refractivity contribution in [3.8, 4) is 0 Å². The molecule has 2 nitrogen and oxygen atoms in total. The van der Waals surface area contributed by atoms with Crippen molar-refractivity contribution in [3.63, 3.8) is 0 Å². The van der Waals surface area contributed by atoms with Gasteiger partial charge in [0.15, 0.2) is 0 Å². The Morgan fingerprint density at radius 1 is 1.27 bits per heavy atom. The van der Waals surface area contributed by atoms with Gasteiger partial charge in [-0.15, -0.1) is 0 Å². The molecule has 0 spiro atoms. The van der Waals surface area contributed by atoms with Crippen molar-refractivity contribution in [1.29, 1.82) is 0 Å². The van der Waals surface area contributed by atoms with E-state index in [2.05, 4.69) is 18.3 Å². The van der Waals surface area contributed by atoms with E-state index in [1.165, 1.54) is 18.4 Å². The molecule has 0 atom stereocenters. The molecule has 82 valence electrons. The van der Waals surface area contributed by atoms with Crippen molar-refractivity contribution >= 4 is 11.6 Å². The summed E-state index contributed by atoms with van der Waals surface area (Å²) in [5.74, 6) is 0.0824. The predicted octanol–water partition coefficient (Wildman–Crippen LogP) is 3.38. The van der Waals surface area contributed by atoms with Crippen LogP contribution in [0.15, 0.2) is 24.3 Å². The van der Waals surface area contributed by atoms with Crippen molar-refractivity contribution in [1.82, 2.24) is 0 Å². The summed E-state index contributed by atoms with van der Waals surface area (Å²) < 4.78 is 0. The predicted molar refractivity (Wildman–Crippen MR) is 64.0 cm³/mol. The number of amides is 1. The van der Waals surface area contributed by atoms with E-state index in [9.17, 15) is 4.79 Å². The number of rotatable bonds is 5. The van der Waals surface area contributed by atoms with Crippen LogP contribution < -0.4 is 5.32 Å². The summed E-state index contributed by atoms with van der Waals surface area (Å²) in [5, 5.41) is 2.93. The van der Waals surface area contributed by atoms with Gasteiger partial charge in [-0.3, -0.25) is 4.79 Å². The summed E-state index contributed by atoms with van der Waals surface area (Å²) in [4.78, 5) is 11.3. The van der Waals surface area contributed by atoms with Crippen LogP contribution in [-0.4, -0.2) is 5.91 Å². The van der Waals surface area contributed by atoms with Crippen LogP contribution in [-0.2, 0) is 11.2 Å². The topological polar surface area (TPSA) is 29.1 Å². The number of anilines is 1. The molecule has 0 radical (unpaired) electrons. The van der Waals surface area contributed by atoms with Crippen molar-refractivity contribution in [3.05, 3.63) is 29.8 Å². The Balaban J connectivity index is 2.72. The van der Waals surface area contributed by atoms with Gasteiger partial charge in [-0.2, -0.15) is 0 Å². The molecule has 0 bridgehead atoms. The SMILES string of the molecule is CCCCc1ccccc1NC(=O)CC. The summed E-state index contributed by atoms with van der Waals surface area (Å²) in [7, 11) is 0. The van der Waals surface area contributed by atoms with Gasteiger partial charge in [-0.1, -0.05) is 38.5 Å². The average molecular weight is 205 g/mol. The molecule has 1 rings (SSSR count). The quantitative estimate of drug-likeness (QED) is 0.784. The maximum Gasteiger partial charge on any atom is 0.224 e. The molecule has 1 aromatic rings. The lowest BCUT2D eigenvalue weighted by molar-refractivity contribution is -0.115. The summed E-state index contributed by atoms with van der Waals surface area (Å²) in [6.45, 7) is 4.04. The Morgan fingerprint density at radius 3 is 2.67 bits per heavy atom. The third kappa shape index (κ3) is 3.74. The lowest BCUT2D eigenvalue weighted by Gasteiger charge is -2.09. The smallest absolute Gasteiger partial charge is 0.224 e. The van der Waals surface area contributed by atoms with Gasteiger partial charge in [0.2, 0.25) is 5.91 Å². The van der Waals surface area contributed by atoms with Gasteiger partial charge in [0, 0.05) is 12.1 Å². The van der Waals surface area contributed by atoms with Crippen LogP contribution in [0.2, 0.25) is 0 Å². The second-order valence-corrected chi connectivity index (χ2v) is 3.66. The third-order valence-electron chi connectivity index (χ3n) is 2.41. The Kier molecular flexibility index (Phi) is 4.88. The van der Waals surface area contributed by atoms with Crippen LogP contribution in [0.4, 0.5) is 5.69 Å². The van der Waals surface area contributed by atoms with E-state index in [4.69, 9.17) is 0 Å². The first-order valence-electron chi connectivity index (χ1n) is 5.65. The first-order valence-corrected chi connectivity index (χ1v) is 5.65. The molecule has 1 amide bonds. The van der Waals surface area contributed by atoms with Gasteiger partial charge in [0.05, 0.1) is 0 Å². The maximum atomic E-state index is 11.3. The van der Waals surface area contributed by atoms with E-state index in [-0.39, 0.29) is 5.91 Å². The number of hydrogen-bond donors (Lipinski definition) is 1. The highest BCUT2D eigenvalue weighted by molar-refractivity contribution is 5.91. The Morgan fingerprint density at radius 2 is 2.00 bits per heavy atom. The summed E-state index contributed by atoms with van der Waals surface area (Å²) in [5.41, 5.74) is 2.21. The van der Waals surface area contributed by atoms with Gasteiger partial charge in [0.1, 0.15) is 0 Å². The molecule has 2 heteroatoms. The molecular formula is C13H19NO. The molecule has 1 aromatic carbocycles. The van der Waals surface area contributed by atoms with E-state index in [1.807, 2.05) is 25.1 Å². The molecule has 1 N–H and O–H groups in total. The molecule has 0 aliphatic heterocycles. The molecule has 0 unspecified atom stereocenters. The Bertz CT molecular complexity index is 320. The molecule has 0 fully saturated rings. The lowest BCUT2D eigenvalue weighted by Crippen LogP contribution is -2.11. The van der Waals surface area contributed by atoms with Gasteiger partial charge in [-0.05, 0) is 24.5 Å². The van der Waals surface area contributed by atoms with Crippen molar-refractivity contribution < 1.29 is 4.79 Å². The van der Waals surface area contributed by atoms with Crippen LogP contribution in [0.1, 0.15) is 38.7 Å². The Hall–Kier alpha value is -1.31. The number of aryl methyl sites for hydroxylation is 1. The fourth-order valence-electron chi connectivity index (χ4n) is 1.47. The minimum Gasteiger partial charge on any atom is -0.326 e. The zero-order valence-corrected chi connectivity index (χ0v) is 9.55. The van der Waals surface area contributed by atoms with Crippen molar-refractivity contribution in [2.45, 2.75) is 39.5 Å². The second-order valence-electron chi connectivity index (χ2n) is 3.66. The van der Waals surface area contributed by atoms with Crippen LogP contribution in [0, 0.1) is 0 Å². The maximum absolute atomic E-state index is 11.3. The minimum atomic E-state index is 0.0824. The Labute approximate surface area is 91.7 Å². The van der Waals surface area contributed by atoms with E-state index in [1.54, 1.807) is 0 Å². The lowest BCUT2D eigenvalue weighted by atomic mass is 10.1. The van der Waals surface area contributed by atoms with Crippen LogP contribution in [0.3, 0.4) is 0 Å². The van der Waals surface area contributed by atoms with Crippen molar-refractivity contribution in [2.24, 2.45) is 0 Å². The second kappa shape index (κ2) is 6.23. The first kappa shape index (κ1) is 11.8. The summed E-state index contributed by atoms with van der Waals surface area (Å²) in [6.07, 6.45) is 3.91. The number of carbonyl (C=O) groups is 1. The van der Waals surface area contributed by atoms with E-state index in [0.29, 0.717) is 6.42 Å². The third-order valence-corrected chi connectivity index (χ3v) is 2.41. The van der Waals surface area contributed by atoms with Crippen LogP contribution >= 0.6 is 0 Å². The summed E-state index contributed by atoms with van der Waals surface area (Å²) >= 11 is 0. The number of nitrogens with one attached hydrogen (secondary N) is 1. The molecular weight excluding hydrogens is 186 g/mol. The number of hydrogen-bond acceptors (Lipinski definition) is 1. The normalized spacial score (nSPS) is 10.0. The van der Waals surface area contributed by atoms with E-state index in [0.717, 1.165) is 12.1 Å². The highest BCUT2D eigenvalue weighted by atomic mass is 16.1. The molecule has 0 heterocycles. The largest absolute Gasteiger partial charge is 0.326 e. The number of para-hydroxylation sites is 1. The molecule has 15 heavy (non-hydrogen) atoms. The molecule has 0 saturated carbocycles. The van der Waals surface area contributed by atoms with Gasteiger partial charge >= 0.3 is 0 Å². The monoisotopic (exact) mass is 205 g/mol. The minimum absolute atomic E-state index is 0.0824. The molecule has 0 saturated heterocycles. The van der Waals surface area contributed by atoms with E-state index >= 15 is 0 Å². The first-order chi connectivity index (χ1) is 7.27. The van der Waals surface area contributed by atoms with E-state index < -0.39 is 0 Å². The molecule has 0 aromatic heterocycles. The zero-order valence-electron chi connectivity index (χ0n) is 9.55. The highest BCUT2D eigenvalue weighted by Gasteiger charge is 2.03. The zero-order chi connectivity index (χ0) is 11.1. The molecule has 0 aliphatic rings. The van der Waals surface area contributed by atoms with Gasteiger partial charge < -0.3 is 5.32 Å². The number of unbranched alkanes of at least 4 members (excludes halogenated alkanes) is 1. The molecule has 0 aliphatic carbocycles. The van der Waals surface area contributed by atoms with Gasteiger partial charge in [0.25, 0.3) is 0 Å². The summed E-state index contributed by atoms with van der Waals surface area (Å²) in [6, 6.07) is 8.03. The number of benzene rings is 1. The standard InChI is InChI=1S/C13H19NO/c1-3-5-8-11-9-6-7-10-12(11)14-13(15)4-2/h6-7,9-10H,3-5,8H2,1-2H3,(H,14,15). The van der Waals surface area contributed by atoms with Crippen LogP contribution in [0.5, 0.6) is 0 Å². The van der Waals surface area contributed by atoms with Crippen molar-refractivity contribution in [2.75, 3.05) is 5.32 Å². The highest BCUT2D eigenvalue weighted by Crippen LogP contribution is 2.17. The van der Waals surface area contributed by atoms with Crippen LogP contribution in [0.25, 0.3) is 0 Å². The number of carbonyl (C=O) groups excluding carboxylic acids is 1. The van der Waals surface area contributed by atoms with Gasteiger partial charge in [-0.25, -0.2) is 0 Å².